The summed E-state index contributed by atoms with van der Waals surface area (Å²) in [4.78, 5) is 36.0. The van der Waals surface area contributed by atoms with Gasteiger partial charge in [-0.3, -0.25) is 9.59 Å². The third-order valence-corrected chi connectivity index (χ3v) is 3.21. The number of esters is 1. The minimum absolute atomic E-state index is 0.185. The maximum absolute atomic E-state index is 12.6. The van der Waals surface area contributed by atoms with Crippen molar-refractivity contribution in [3.8, 4) is 0 Å². The molecule has 0 bridgehead atoms. The summed E-state index contributed by atoms with van der Waals surface area (Å²) in [6, 6.07) is 7.64. The summed E-state index contributed by atoms with van der Waals surface area (Å²) in [6.07, 6.45) is 0. The predicted octanol–water partition coefficient (Wildman–Crippen LogP) is 1.96. The van der Waals surface area contributed by atoms with Crippen molar-refractivity contribution in [1.29, 1.82) is 0 Å². The topological polar surface area (TPSA) is 72.5 Å². The standard InChI is InChI=1S/C16H21NO4/c1-5-21-15(20)13(17-11(2)18)16(3,4)14(19)12-9-7-6-8-10-12/h6-10,13H,5H2,1-4H3,(H,17,18)/t13-/m0/s1. The lowest BCUT2D eigenvalue weighted by Crippen LogP contribution is -2.53. The van der Waals surface area contributed by atoms with Crippen molar-refractivity contribution in [2.24, 2.45) is 5.41 Å². The van der Waals surface area contributed by atoms with E-state index in [2.05, 4.69) is 5.32 Å². The van der Waals surface area contributed by atoms with Crippen LogP contribution in [0, 0.1) is 5.41 Å². The molecule has 1 N–H and O–H groups in total. The summed E-state index contributed by atoms with van der Waals surface area (Å²) in [5.74, 6) is -1.22. The molecule has 1 atom stereocenters. The van der Waals surface area contributed by atoms with Crippen LogP contribution in [0.15, 0.2) is 30.3 Å². The quantitative estimate of drug-likeness (QED) is 0.642. The Bertz CT molecular complexity index is 522. The number of hydrogen-bond acceptors (Lipinski definition) is 4. The van der Waals surface area contributed by atoms with Crippen molar-refractivity contribution in [3.63, 3.8) is 0 Å². The van der Waals surface area contributed by atoms with Gasteiger partial charge in [-0.1, -0.05) is 30.3 Å². The molecule has 5 nitrogen and oxygen atoms in total. The summed E-state index contributed by atoms with van der Waals surface area (Å²) in [7, 11) is 0. The number of Topliss-reactive ketones (excluding diaryl/α,β-unsaturated/α-hetero) is 1. The monoisotopic (exact) mass is 291 g/mol. The van der Waals surface area contributed by atoms with E-state index in [0.29, 0.717) is 5.56 Å². The molecule has 0 spiro atoms. The number of carbonyl (C=O) groups is 3. The summed E-state index contributed by atoms with van der Waals surface area (Å²) in [6.45, 7) is 6.41. The smallest absolute Gasteiger partial charge is 0.329 e. The maximum Gasteiger partial charge on any atom is 0.329 e. The number of hydrogen-bond donors (Lipinski definition) is 1. The van der Waals surface area contributed by atoms with Gasteiger partial charge in [-0.05, 0) is 20.8 Å². The molecule has 114 valence electrons. The van der Waals surface area contributed by atoms with Crippen LogP contribution in [0.3, 0.4) is 0 Å². The molecule has 0 saturated carbocycles. The summed E-state index contributed by atoms with van der Waals surface area (Å²) >= 11 is 0. The van der Waals surface area contributed by atoms with Crippen molar-refractivity contribution in [3.05, 3.63) is 35.9 Å². The average Bonchev–Trinajstić information content (AvgIpc) is 2.44. The Morgan fingerprint density at radius 2 is 1.76 bits per heavy atom. The number of rotatable bonds is 6. The van der Waals surface area contributed by atoms with Crippen molar-refractivity contribution >= 4 is 17.7 Å². The zero-order chi connectivity index (χ0) is 16.0. The average molecular weight is 291 g/mol. The second-order valence-corrected chi connectivity index (χ2v) is 5.30. The van der Waals surface area contributed by atoms with E-state index in [1.54, 1.807) is 51.1 Å². The van der Waals surface area contributed by atoms with E-state index in [0.717, 1.165) is 0 Å². The van der Waals surface area contributed by atoms with E-state index in [4.69, 9.17) is 4.74 Å². The maximum atomic E-state index is 12.6. The van der Waals surface area contributed by atoms with Crippen LogP contribution >= 0.6 is 0 Å². The molecule has 0 aliphatic heterocycles. The Morgan fingerprint density at radius 1 is 1.19 bits per heavy atom. The van der Waals surface area contributed by atoms with Crippen molar-refractivity contribution < 1.29 is 19.1 Å². The third-order valence-electron chi connectivity index (χ3n) is 3.21. The number of nitrogens with one attached hydrogen (secondary N) is 1. The van der Waals surface area contributed by atoms with Gasteiger partial charge in [-0.15, -0.1) is 0 Å². The Hall–Kier alpha value is -2.17. The second-order valence-electron chi connectivity index (χ2n) is 5.30. The highest BCUT2D eigenvalue weighted by Gasteiger charge is 2.43. The van der Waals surface area contributed by atoms with E-state index < -0.39 is 17.4 Å². The molecule has 5 heteroatoms. The van der Waals surface area contributed by atoms with Crippen LogP contribution in [0.25, 0.3) is 0 Å². The van der Waals surface area contributed by atoms with E-state index in [1.165, 1.54) is 6.92 Å². The molecule has 0 saturated heterocycles. The zero-order valence-electron chi connectivity index (χ0n) is 12.8. The SMILES string of the molecule is CCOC(=O)[C@H](NC(C)=O)C(C)(C)C(=O)c1ccccc1. The minimum Gasteiger partial charge on any atom is -0.464 e. The van der Waals surface area contributed by atoms with Gasteiger partial charge in [0.15, 0.2) is 5.78 Å². The molecule has 0 unspecified atom stereocenters. The highest BCUT2D eigenvalue weighted by atomic mass is 16.5. The molecule has 0 aromatic heterocycles. The molecule has 0 aliphatic carbocycles. The first-order valence-electron chi connectivity index (χ1n) is 6.84. The Morgan fingerprint density at radius 3 is 2.24 bits per heavy atom. The van der Waals surface area contributed by atoms with Gasteiger partial charge < -0.3 is 10.1 Å². The van der Waals surface area contributed by atoms with Crippen LogP contribution in [0.4, 0.5) is 0 Å². The van der Waals surface area contributed by atoms with Crippen LogP contribution < -0.4 is 5.32 Å². The molecule has 1 rings (SSSR count). The summed E-state index contributed by atoms with van der Waals surface area (Å²) in [5.41, 5.74) is -0.624. The Kier molecular flexibility index (Phi) is 5.64. The van der Waals surface area contributed by atoms with E-state index in [1.807, 2.05) is 0 Å². The predicted molar refractivity (Wildman–Crippen MR) is 78.8 cm³/mol. The molecule has 21 heavy (non-hydrogen) atoms. The summed E-state index contributed by atoms with van der Waals surface area (Å²) in [5, 5.41) is 2.52. The van der Waals surface area contributed by atoms with Gasteiger partial charge in [-0.2, -0.15) is 0 Å². The van der Waals surface area contributed by atoms with Gasteiger partial charge in [0, 0.05) is 12.5 Å². The molecule has 0 heterocycles. The van der Waals surface area contributed by atoms with Crippen LogP contribution in [0.5, 0.6) is 0 Å². The van der Waals surface area contributed by atoms with Crippen molar-refractivity contribution in [2.45, 2.75) is 33.7 Å². The largest absolute Gasteiger partial charge is 0.464 e. The zero-order valence-corrected chi connectivity index (χ0v) is 12.8. The van der Waals surface area contributed by atoms with Gasteiger partial charge >= 0.3 is 5.97 Å². The first kappa shape index (κ1) is 16.9. The molecule has 0 fully saturated rings. The highest BCUT2D eigenvalue weighted by molar-refractivity contribution is 6.03. The number of carbonyl (C=O) groups excluding carboxylic acids is 3. The first-order chi connectivity index (χ1) is 9.80. The molecular formula is C16H21NO4. The fourth-order valence-corrected chi connectivity index (χ4v) is 2.06. The molecule has 1 aromatic carbocycles. The highest BCUT2D eigenvalue weighted by Crippen LogP contribution is 2.27. The van der Waals surface area contributed by atoms with Crippen LogP contribution in [-0.4, -0.2) is 30.3 Å². The third kappa shape index (κ3) is 4.15. The first-order valence-corrected chi connectivity index (χ1v) is 6.84. The molecule has 0 aliphatic rings. The van der Waals surface area contributed by atoms with E-state index >= 15 is 0 Å². The second kappa shape index (κ2) is 7.02. The van der Waals surface area contributed by atoms with Gasteiger partial charge in [-0.25, -0.2) is 4.79 Å². The molecule has 0 radical (unpaired) electrons. The van der Waals surface area contributed by atoms with Crippen LogP contribution in [0.1, 0.15) is 38.1 Å². The minimum atomic E-state index is -1.11. The lowest BCUT2D eigenvalue weighted by Gasteiger charge is -2.31. The van der Waals surface area contributed by atoms with Gasteiger partial charge in [0.2, 0.25) is 5.91 Å². The van der Waals surface area contributed by atoms with E-state index in [9.17, 15) is 14.4 Å². The van der Waals surface area contributed by atoms with Crippen molar-refractivity contribution in [1.82, 2.24) is 5.32 Å². The number of benzene rings is 1. The number of ketones is 1. The number of amides is 1. The normalized spacial score (nSPS) is 12.4. The van der Waals surface area contributed by atoms with Crippen molar-refractivity contribution in [2.75, 3.05) is 6.61 Å². The Labute approximate surface area is 124 Å². The lowest BCUT2D eigenvalue weighted by molar-refractivity contribution is -0.149. The lowest BCUT2D eigenvalue weighted by atomic mass is 9.77. The van der Waals surface area contributed by atoms with Gasteiger partial charge in [0.1, 0.15) is 6.04 Å². The van der Waals surface area contributed by atoms with Crippen LogP contribution in [-0.2, 0) is 14.3 Å². The Balaban J connectivity index is 3.11. The van der Waals surface area contributed by atoms with E-state index in [-0.39, 0.29) is 18.3 Å². The number of ether oxygens (including phenoxy) is 1. The van der Waals surface area contributed by atoms with Gasteiger partial charge in [0.05, 0.1) is 12.0 Å². The fourth-order valence-electron chi connectivity index (χ4n) is 2.06. The molecule has 1 amide bonds. The molecule has 1 aromatic rings. The summed E-state index contributed by atoms with van der Waals surface area (Å²) < 4.78 is 4.97. The molecular weight excluding hydrogens is 270 g/mol. The fraction of sp³-hybridized carbons (Fsp3) is 0.438. The van der Waals surface area contributed by atoms with Crippen LogP contribution in [0.2, 0.25) is 0 Å². The van der Waals surface area contributed by atoms with Gasteiger partial charge in [0.25, 0.3) is 0 Å².